The predicted octanol–water partition coefficient (Wildman–Crippen LogP) is 2.13. The summed E-state index contributed by atoms with van der Waals surface area (Å²) in [6, 6.07) is 15.1. The lowest BCUT2D eigenvalue weighted by Gasteiger charge is -2.26. The minimum absolute atomic E-state index is 0.0565. The normalized spacial score (nSPS) is 19.9. The number of ether oxygens (including phenoxy) is 2. The Morgan fingerprint density at radius 2 is 2.00 bits per heavy atom. The number of nitrogens with zero attached hydrogens (tertiary/aromatic N) is 1. The summed E-state index contributed by atoms with van der Waals surface area (Å²) in [4.78, 5) is 4.54. The van der Waals surface area contributed by atoms with E-state index in [1.165, 1.54) is 6.40 Å². The van der Waals surface area contributed by atoms with Gasteiger partial charge in [-0.05, 0) is 23.3 Å². The maximum atomic E-state index is 12.2. The molecule has 2 aromatic carbocycles. The van der Waals surface area contributed by atoms with E-state index in [2.05, 4.69) is 4.99 Å². The summed E-state index contributed by atoms with van der Waals surface area (Å²) in [7, 11) is 5.89. The molecule has 2 aromatic rings. The molecule has 5 heteroatoms. The van der Waals surface area contributed by atoms with E-state index >= 15 is 0 Å². The smallest absolute Gasteiger partial charge is 0.170 e. The van der Waals surface area contributed by atoms with Gasteiger partial charge < -0.3 is 9.47 Å². The van der Waals surface area contributed by atoms with Gasteiger partial charge in [0.25, 0.3) is 0 Å². The molecule has 0 spiro atoms. The average molecular weight is 295 g/mol. The van der Waals surface area contributed by atoms with E-state index in [0.29, 0.717) is 17.8 Å². The second kappa shape index (κ2) is 6.22. The van der Waals surface area contributed by atoms with Crippen molar-refractivity contribution in [3.8, 4) is 5.75 Å². The molecule has 0 N–H and O–H groups in total. The van der Waals surface area contributed by atoms with Crippen LogP contribution in [0.2, 0.25) is 0 Å². The monoisotopic (exact) mass is 295 g/mol. The van der Waals surface area contributed by atoms with Crippen molar-refractivity contribution in [1.29, 1.82) is 0 Å². The van der Waals surface area contributed by atoms with Gasteiger partial charge in [0.15, 0.2) is 6.40 Å². The molecule has 0 saturated heterocycles. The quantitative estimate of drug-likeness (QED) is 0.791. The van der Waals surface area contributed by atoms with Crippen molar-refractivity contribution in [2.45, 2.75) is 5.54 Å². The Hall–Kier alpha value is -2.30. The Morgan fingerprint density at radius 1 is 1.18 bits per heavy atom. The first-order valence-corrected chi connectivity index (χ1v) is 7.05. The summed E-state index contributed by atoms with van der Waals surface area (Å²) >= 11 is 0. The van der Waals surface area contributed by atoms with Gasteiger partial charge in [0, 0.05) is 0 Å². The van der Waals surface area contributed by atoms with E-state index in [1.54, 1.807) is 0 Å². The minimum Gasteiger partial charge on any atom is -0.491 e. The van der Waals surface area contributed by atoms with Gasteiger partial charge >= 0.3 is 0 Å². The number of hydrogen-bond acceptors (Lipinski definition) is 3. The average Bonchev–Trinajstić information content (AvgIpc) is 3.04. The molecule has 0 saturated carbocycles. The number of halogens is 1. The molecule has 22 heavy (non-hydrogen) atoms. The topological polar surface area (TPSA) is 30.8 Å². The highest BCUT2D eigenvalue weighted by Crippen LogP contribution is 2.36. The van der Waals surface area contributed by atoms with E-state index in [4.69, 9.17) is 17.3 Å². The maximum absolute atomic E-state index is 12.2. The van der Waals surface area contributed by atoms with E-state index in [9.17, 15) is 4.39 Å². The van der Waals surface area contributed by atoms with Crippen LogP contribution in [0.25, 0.3) is 0 Å². The highest BCUT2D eigenvalue weighted by atomic mass is 19.1. The Morgan fingerprint density at radius 3 is 2.64 bits per heavy atom. The minimum atomic E-state index is -0.603. The third-order valence-corrected chi connectivity index (χ3v) is 3.68. The number of benzene rings is 2. The van der Waals surface area contributed by atoms with Crippen molar-refractivity contribution in [2.24, 2.45) is 4.99 Å². The third kappa shape index (κ3) is 2.71. The second-order valence-corrected chi connectivity index (χ2v) is 5.09. The Balaban J connectivity index is 1.96. The highest BCUT2D eigenvalue weighted by Gasteiger charge is 2.37. The first kappa shape index (κ1) is 14.6. The Labute approximate surface area is 130 Å². The first-order valence-electron chi connectivity index (χ1n) is 7.05. The molecule has 1 unspecified atom stereocenters. The zero-order valence-electron chi connectivity index (χ0n) is 12.0. The fourth-order valence-electron chi connectivity index (χ4n) is 2.58. The van der Waals surface area contributed by atoms with Gasteiger partial charge in [-0.1, -0.05) is 41.9 Å². The summed E-state index contributed by atoms with van der Waals surface area (Å²) in [5.74, 6) is 0.632. The van der Waals surface area contributed by atoms with Gasteiger partial charge in [0.1, 0.15) is 39.0 Å². The summed E-state index contributed by atoms with van der Waals surface area (Å²) < 4.78 is 22.8. The SMILES string of the molecule is [B]c1cccc(C2(c3ccc(OCCF)cc3)COC=N2)c1. The predicted molar refractivity (Wildman–Crippen MR) is 85.0 cm³/mol. The van der Waals surface area contributed by atoms with E-state index in [-0.39, 0.29) is 6.61 Å². The Bertz CT molecular complexity index is 675. The van der Waals surface area contributed by atoms with E-state index in [0.717, 1.165) is 11.1 Å². The van der Waals surface area contributed by atoms with Crippen LogP contribution in [-0.2, 0) is 10.3 Å². The molecular weight excluding hydrogens is 280 g/mol. The van der Waals surface area contributed by atoms with Gasteiger partial charge in [-0.15, -0.1) is 0 Å². The van der Waals surface area contributed by atoms with Crippen LogP contribution in [-0.4, -0.2) is 34.1 Å². The van der Waals surface area contributed by atoms with Crippen molar-refractivity contribution in [3.05, 3.63) is 59.7 Å². The second-order valence-electron chi connectivity index (χ2n) is 5.09. The van der Waals surface area contributed by atoms with Crippen LogP contribution < -0.4 is 10.2 Å². The number of aliphatic imine (C=N–C) groups is 1. The van der Waals surface area contributed by atoms with Crippen molar-refractivity contribution in [1.82, 2.24) is 0 Å². The molecule has 0 fully saturated rings. The third-order valence-electron chi connectivity index (χ3n) is 3.68. The highest BCUT2D eigenvalue weighted by molar-refractivity contribution is 6.32. The molecule has 1 heterocycles. The first-order chi connectivity index (χ1) is 10.7. The lowest BCUT2D eigenvalue weighted by atomic mass is 9.81. The summed E-state index contributed by atoms with van der Waals surface area (Å²) in [5, 5.41) is 0. The molecule has 110 valence electrons. The zero-order valence-corrected chi connectivity index (χ0v) is 12.0. The van der Waals surface area contributed by atoms with Gasteiger partial charge in [-0.2, -0.15) is 0 Å². The van der Waals surface area contributed by atoms with Gasteiger partial charge in [-0.25, -0.2) is 9.38 Å². The number of hydrogen-bond donors (Lipinski definition) is 0. The molecular formula is C17H15BFNO2. The lowest BCUT2D eigenvalue weighted by molar-refractivity contribution is 0.272. The standard InChI is InChI=1S/C17H15BFNO2/c18-15-3-1-2-14(10-15)17(11-21-12-20-17)13-4-6-16(7-5-13)22-9-8-19/h1-7,10,12H,8-9,11H2. The maximum Gasteiger partial charge on any atom is 0.170 e. The molecule has 0 bridgehead atoms. The van der Waals surface area contributed by atoms with Gasteiger partial charge in [-0.3, -0.25) is 0 Å². The molecule has 2 radical (unpaired) electrons. The van der Waals surface area contributed by atoms with Gasteiger partial charge in [0.2, 0.25) is 0 Å². The van der Waals surface area contributed by atoms with Crippen molar-refractivity contribution in [3.63, 3.8) is 0 Å². The van der Waals surface area contributed by atoms with Crippen LogP contribution in [0, 0.1) is 0 Å². The summed E-state index contributed by atoms with van der Waals surface area (Å²) in [6.45, 7) is -0.0325. The molecule has 3 rings (SSSR count). The van der Waals surface area contributed by atoms with E-state index in [1.807, 2.05) is 48.5 Å². The van der Waals surface area contributed by atoms with Crippen molar-refractivity contribution >= 4 is 19.7 Å². The van der Waals surface area contributed by atoms with E-state index < -0.39 is 12.2 Å². The van der Waals surface area contributed by atoms with Crippen LogP contribution in [0.4, 0.5) is 4.39 Å². The zero-order chi connectivity index (χ0) is 15.4. The van der Waals surface area contributed by atoms with Gasteiger partial charge in [0.05, 0.1) is 0 Å². The molecule has 0 aromatic heterocycles. The Kier molecular flexibility index (Phi) is 4.14. The lowest BCUT2D eigenvalue weighted by Crippen LogP contribution is -2.28. The van der Waals surface area contributed by atoms with Crippen LogP contribution in [0.15, 0.2) is 53.5 Å². The van der Waals surface area contributed by atoms with Crippen LogP contribution in [0.3, 0.4) is 0 Å². The molecule has 1 aliphatic rings. The molecule has 1 aliphatic heterocycles. The molecule has 3 nitrogen and oxygen atoms in total. The number of rotatable bonds is 5. The van der Waals surface area contributed by atoms with Crippen LogP contribution in [0.5, 0.6) is 5.75 Å². The molecule has 0 aliphatic carbocycles. The van der Waals surface area contributed by atoms with Crippen LogP contribution in [0.1, 0.15) is 11.1 Å². The molecule has 0 amide bonds. The fourth-order valence-corrected chi connectivity index (χ4v) is 2.58. The number of alkyl halides is 1. The van der Waals surface area contributed by atoms with Crippen LogP contribution >= 0.6 is 0 Å². The largest absolute Gasteiger partial charge is 0.491 e. The fraction of sp³-hybridized carbons (Fsp3) is 0.235. The summed E-state index contributed by atoms with van der Waals surface area (Å²) in [6.07, 6.45) is 1.47. The summed E-state index contributed by atoms with van der Waals surface area (Å²) in [5.41, 5.74) is 2.02. The molecule has 1 atom stereocenters. The van der Waals surface area contributed by atoms with Crippen molar-refractivity contribution < 1.29 is 13.9 Å². The van der Waals surface area contributed by atoms with Crippen molar-refractivity contribution in [2.75, 3.05) is 19.9 Å².